The van der Waals surface area contributed by atoms with E-state index >= 15 is 0 Å². The molecule has 0 saturated heterocycles. The molecule has 0 bridgehead atoms. The van der Waals surface area contributed by atoms with E-state index in [2.05, 4.69) is 23.7 Å². The summed E-state index contributed by atoms with van der Waals surface area (Å²) in [6, 6.07) is 4.85. The van der Waals surface area contributed by atoms with Crippen LogP contribution in [0.15, 0.2) is 54.1 Å². The molecule has 116 valence electrons. The first-order chi connectivity index (χ1) is 10.7. The lowest BCUT2D eigenvalue weighted by Crippen LogP contribution is -2.28. The van der Waals surface area contributed by atoms with E-state index < -0.39 is 0 Å². The molecule has 3 nitrogen and oxygen atoms in total. The van der Waals surface area contributed by atoms with E-state index in [-0.39, 0.29) is 12.0 Å². The minimum Gasteiger partial charge on any atom is -0.497 e. The summed E-state index contributed by atoms with van der Waals surface area (Å²) >= 11 is 0. The van der Waals surface area contributed by atoms with E-state index in [0.717, 1.165) is 18.5 Å². The third kappa shape index (κ3) is 3.64. The molecule has 1 aromatic rings. The van der Waals surface area contributed by atoms with E-state index in [0.29, 0.717) is 11.3 Å². The van der Waals surface area contributed by atoms with Crippen LogP contribution in [0.3, 0.4) is 0 Å². The third-order valence-electron chi connectivity index (χ3n) is 3.59. The molecule has 1 aliphatic rings. The summed E-state index contributed by atoms with van der Waals surface area (Å²) in [6.07, 6.45) is 11.1. The number of methoxy groups -OCH3 is 1. The molecule has 0 aliphatic carbocycles. The quantitative estimate of drug-likeness (QED) is 0.605. The second kappa shape index (κ2) is 7.59. The minimum absolute atomic E-state index is 0.0496. The highest BCUT2D eigenvalue weighted by Crippen LogP contribution is 2.27. The number of benzene rings is 1. The van der Waals surface area contributed by atoms with E-state index in [1.54, 1.807) is 24.3 Å². The molecule has 0 aromatic heterocycles. The van der Waals surface area contributed by atoms with E-state index in [1.165, 1.54) is 13.2 Å². The van der Waals surface area contributed by atoms with Crippen LogP contribution in [0, 0.1) is 5.82 Å². The van der Waals surface area contributed by atoms with E-state index in [1.807, 2.05) is 18.2 Å². The fourth-order valence-electron chi connectivity index (χ4n) is 2.38. The lowest BCUT2D eigenvalue weighted by molar-refractivity contribution is 0.360. The van der Waals surface area contributed by atoms with Gasteiger partial charge in [-0.15, -0.1) is 0 Å². The van der Waals surface area contributed by atoms with Crippen molar-refractivity contribution in [2.45, 2.75) is 19.0 Å². The van der Waals surface area contributed by atoms with Crippen LogP contribution in [-0.2, 0) is 0 Å². The van der Waals surface area contributed by atoms with Crippen molar-refractivity contribution in [1.82, 2.24) is 4.90 Å². The van der Waals surface area contributed by atoms with Gasteiger partial charge in [0.05, 0.1) is 7.11 Å². The van der Waals surface area contributed by atoms with E-state index in [4.69, 9.17) is 4.74 Å². The first-order valence-electron chi connectivity index (χ1n) is 7.23. The monoisotopic (exact) mass is 300 g/mol. The molecule has 1 aromatic carbocycles. The molecular formula is C18H21FN2O. The molecule has 0 saturated carbocycles. The highest BCUT2D eigenvalue weighted by atomic mass is 19.1. The van der Waals surface area contributed by atoms with E-state index in [9.17, 15) is 4.39 Å². The van der Waals surface area contributed by atoms with Crippen molar-refractivity contribution in [3.8, 4) is 5.75 Å². The topological polar surface area (TPSA) is 24.8 Å². The van der Waals surface area contributed by atoms with Gasteiger partial charge in [0.1, 0.15) is 17.7 Å². The average molecular weight is 300 g/mol. The van der Waals surface area contributed by atoms with Gasteiger partial charge >= 0.3 is 0 Å². The molecule has 1 atom stereocenters. The number of hydrogen-bond donors (Lipinski definition) is 0. The van der Waals surface area contributed by atoms with Crippen molar-refractivity contribution in [2.75, 3.05) is 14.2 Å². The standard InChI is InChI=1S/C18H21FN2O/c1-4-8-17(15-11-10-14(22-3)13-16(15)19)21(2)18-9-6-5-7-12-20-18/h4-6,8,10-13,18H,1,7,9H2,2-3H3/b17-8-. The van der Waals surface area contributed by atoms with Crippen molar-refractivity contribution >= 4 is 11.9 Å². The van der Waals surface area contributed by atoms with Crippen molar-refractivity contribution in [3.63, 3.8) is 0 Å². The van der Waals surface area contributed by atoms with Crippen LogP contribution in [0.25, 0.3) is 5.70 Å². The molecule has 2 rings (SSSR count). The summed E-state index contributed by atoms with van der Waals surface area (Å²) in [6.45, 7) is 3.73. The van der Waals surface area contributed by atoms with Crippen LogP contribution in [0.1, 0.15) is 18.4 Å². The Morgan fingerprint density at radius 2 is 2.27 bits per heavy atom. The predicted molar refractivity (Wildman–Crippen MR) is 89.5 cm³/mol. The Hall–Kier alpha value is -2.36. The maximum Gasteiger partial charge on any atom is 0.136 e. The summed E-state index contributed by atoms with van der Waals surface area (Å²) in [5.41, 5.74) is 1.25. The number of allylic oxidation sites excluding steroid dienone is 3. The Bertz CT molecular complexity index is 620. The first kappa shape index (κ1) is 16.0. The van der Waals surface area contributed by atoms with Gasteiger partial charge in [0.15, 0.2) is 0 Å². The zero-order valence-electron chi connectivity index (χ0n) is 13.0. The Morgan fingerprint density at radius 3 is 2.95 bits per heavy atom. The molecule has 0 fully saturated rings. The van der Waals surface area contributed by atoms with Gasteiger partial charge in [0.25, 0.3) is 0 Å². The normalized spacial score (nSPS) is 18.0. The molecule has 1 aliphatic heterocycles. The highest BCUT2D eigenvalue weighted by molar-refractivity contribution is 5.67. The second-order valence-corrected chi connectivity index (χ2v) is 5.00. The molecule has 0 amide bonds. The molecule has 0 radical (unpaired) electrons. The Labute approximate surface area is 131 Å². The van der Waals surface area contributed by atoms with Crippen LogP contribution < -0.4 is 4.74 Å². The SMILES string of the molecule is C=C/C=C(/c1ccc(OC)cc1F)N(C)C1CC=CCC=N1. The largest absolute Gasteiger partial charge is 0.497 e. The van der Waals surface area contributed by atoms with Gasteiger partial charge in [-0.2, -0.15) is 0 Å². The fourth-order valence-corrected chi connectivity index (χ4v) is 2.38. The van der Waals surface area contributed by atoms with Crippen molar-refractivity contribution < 1.29 is 9.13 Å². The Morgan fingerprint density at radius 1 is 1.45 bits per heavy atom. The molecule has 1 unspecified atom stereocenters. The van der Waals surface area contributed by atoms with Crippen molar-refractivity contribution in [2.24, 2.45) is 4.99 Å². The smallest absolute Gasteiger partial charge is 0.136 e. The van der Waals surface area contributed by atoms with Crippen molar-refractivity contribution in [1.29, 1.82) is 0 Å². The lowest BCUT2D eigenvalue weighted by atomic mass is 10.1. The molecule has 22 heavy (non-hydrogen) atoms. The number of ether oxygens (including phenoxy) is 1. The van der Waals surface area contributed by atoms with Crippen LogP contribution >= 0.6 is 0 Å². The highest BCUT2D eigenvalue weighted by Gasteiger charge is 2.19. The van der Waals surface area contributed by atoms with Gasteiger partial charge in [-0.05, 0) is 18.2 Å². The van der Waals surface area contributed by atoms with Gasteiger partial charge in [-0.25, -0.2) is 4.39 Å². The summed E-state index contributed by atoms with van der Waals surface area (Å²) in [5.74, 6) is 0.171. The number of hydrogen-bond acceptors (Lipinski definition) is 3. The summed E-state index contributed by atoms with van der Waals surface area (Å²) < 4.78 is 19.4. The zero-order chi connectivity index (χ0) is 15.9. The van der Waals surface area contributed by atoms with Gasteiger partial charge in [-0.1, -0.05) is 24.8 Å². The fraction of sp³-hybridized carbons (Fsp3) is 0.278. The molecule has 0 spiro atoms. The number of halogens is 1. The summed E-state index contributed by atoms with van der Waals surface area (Å²) in [4.78, 5) is 6.50. The van der Waals surface area contributed by atoms with Gasteiger partial charge in [0, 0.05) is 43.4 Å². The van der Waals surface area contributed by atoms with Crippen LogP contribution in [0.4, 0.5) is 4.39 Å². The lowest BCUT2D eigenvalue weighted by Gasteiger charge is -2.29. The Balaban J connectivity index is 2.35. The third-order valence-corrected chi connectivity index (χ3v) is 3.59. The van der Waals surface area contributed by atoms with Gasteiger partial charge < -0.3 is 9.64 Å². The Kier molecular flexibility index (Phi) is 5.53. The number of aliphatic imine (C=N–C) groups is 1. The van der Waals surface area contributed by atoms with Crippen LogP contribution in [-0.4, -0.2) is 31.4 Å². The van der Waals surface area contributed by atoms with Crippen molar-refractivity contribution in [3.05, 3.63) is 60.5 Å². The number of nitrogens with zero attached hydrogens (tertiary/aromatic N) is 2. The first-order valence-corrected chi connectivity index (χ1v) is 7.23. The van der Waals surface area contributed by atoms with Gasteiger partial charge in [-0.3, -0.25) is 4.99 Å². The van der Waals surface area contributed by atoms with Crippen LogP contribution in [0.2, 0.25) is 0 Å². The average Bonchev–Trinajstić information content (AvgIpc) is 2.81. The minimum atomic E-state index is -0.326. The number of rotatable bonds is 5. The zero-order valence-corrected chi connectivity index (χ0v) is 13.0. The maximum atomic E-state index is 14.4. The maximum absolute atomic E-state index is 14.4. The van der Waals surface area contributed by atoms with Gasteiger partial charge in [0.2, 0.25) is 0 Å². The summed E-state index contributed by atoms with van der Waals surface area (Å²) in [7, 11) is 3.44. The molecule has 4 heteroatoms. The van der Waals surface area contributed by atoms with Crippen LogP contribution in [0.5, 0.6) is 5.75 Å². The summed E-state index contributed by atoms with van der Waals surface area (Å²) in [5, 5.41) is 0. The second-order valence-electron chi connectivity index (χ2n) is 5.00. The molecular weight excluding hydrogens is 279 g/mol. The molecule has 0 N–H and O–H groups in total. The molecule has 1 heterocycles. The predicted octanol–water partition coefficient (Wildman–Crippen LogP) is 4.04.